The van der Waals surface area contributed by atoms with E-state index in [9.17, 15) is 4.79 Å². The molecule has 3 heteroatoms. The van der Waals surface area contributed by atoms with E-state index in [0.717, 1.165) is 0 Å². The topological polar surface area (TPSA) is 35.5 Å². The summed E-state index contributed by atoms with van der Waals surface area (Å²) in [5, 5.41) is 0. The quantitative estimate of drug-likeness (QED) is 0.720. The molecule has 1 rings (SSSR count). The molecule has 0 N–H and O–H groups in total. The van der Waals surface area contributed by atoms with Gasteiger partial charge in [-0.25, -0.2) is 0 Å². The van der Waals surface area contributed by atoms with Crippen molar-refractivity contribution in [2.24, 2.45) is 0 Å². The van der Waals surface area contributed by atoms with Gasteiger partial charge in [0.2, 0.25) is 0 Å². The third-order valence-corrected chi connectivity index (χ3v) is 2.10. The molecule has 1 aromatic carbocycles. The van der Waals surface area contributed by atoms with Crippen molar-refractivity contribution in [1.29, 1.82) is 0 Å². The summed E-state index contributed by atoms with van der Waals surface area (Å²) in [6, 6.07) is 7.41. The van der Waals surface area contributed by atoms with Crippen molar-refractivity contribution in [3.8, 4) is 11.5 Å². The number of carbonyl (C=O) groups is 1. The first kappa shape index (κ1) is 11.6. The Morgan fingerprint density at radius 3 is 2.53 bits per heavy atom. The molecule has 0 fully saturated rings. The highest BCUT2D eigenvalue weighted by molar-refractivity contribution is 5.78. The second kappa shape index (κ2) is 6.06. The van der Waals surface area contributed by atoms with Gasteiger partial charge in [-0.15, -0.1) is 0 Å². The van der Waals surface area contributed by atoms with Crippen molar-refractivity contribution in [3.63, 3.8) is 0 Å². The van der Waals surface area contributed by atoms with E-state index >= 15 is 0 Å². The van der Waals surface area contributed by atoms with Gasteiger partial charge in [0.1, 0.15) is 5.78 Å². The summed E-state index contributed by atoms with van der Waals surface area (Å²) >= 11 is 0. The van der Waals surface area contributed by atoms with Gasteiger partial charge in [0.25, 0.3) is 0 Å². The van der Waals surface area contributed by atoms with Gasteiger partial charge in [0.05, 0.1) is 13.7 Å². The Balaban J connectivity index is 2.46. The van der Waals surface area contributed by atoms with Crippen LogP contribution in [0.1, 0.15) is 19.8 Å². The average molecular weight is 208 g/mol. The van der Waals surface area contributed by atoms with Gasteiger partial charge in [0.15, 0.2) is 11.5 Å². The summed E-state index contributed by atoms with van der Waals surface area (Å²) in [5.41, 5.74) is 0. The number of benzene rings is 1. The second-order valence-corrected chi connectivity index (χ2v) is 3.14. The third-order valence-electron chi connectivity index (χ3n) is 2.10. The van der Waals surface area contributed by atoms with Crippen LogP contribution in [0.5, 0.6) is 11.5 Å². The summed E-state index contributed by atoms with van der Waals surface area (Å²) in [6.45, 7) is 2.26. The molecule has 0 saturated carbocycles. The zero-order valence-electron chi connectivity index (χ0n) is 9.16. The minimum atomic E-state index is 0.213. The molecule has 3 nitrogen and oxygen atoms in total. The van der Waals surface area contributed by atoms with Crippen LogP contribution in [-0.4, -0.2) is 19.5 Å². The van der Waals surface area contributed by atoms with Crippen molar-refractivity contribution in [3.05, 3.63) is 24.3 Å². The zero-order valence-corrected chi connectivity index (χ0v) is 9.16. The molecule has 0 aliphatic carbocycles. The summed E-state index contributed by atoms with van der Waals surface area (Å²) in [4.78, 5) is 11.0. The minimum absolute atomic E-state index is 0.213. The Morgan fingerprint density at radius 2 is 1.93 bits per heavy atom. The number of para-hydroxylation sites is 2. The number of carbonyl (C=O) groups excluding carboxylic acids is 1. The van der Waals surface area contributed by atoms with E-state index < -0.39 is 0 Å². The lowest BCUT2D eigenvalue weighted by atomic mass is 10.2. The Morgan fingerprint density at radius 1 is 1.27 bits per heavy atom. The van der Waals surface area contributed by atoms with E-state index in [1.54, 1.807) is 7.11 Å². The van der Waals surface area contributed by atoms with Crippen LogP contribution < -0.4 is 9.47 Å². The highest BCUT2D eigenvalue weighted by atomic mass is 16.5. The van der Waals surface area contributed by atoms with Gasteiger partial charge in [-0.1, -0.05) is 19.1 Å². The van der Waals surface area contributed by atoms with Crippen LogP contribution in [0, 0.1) is 0 Å². The summed E-state index contributed by atoms with van der Waals surface area (Å²) in [5.74, 6) is 1.59. The Bertz CT molecular complexity index is 320. The molecule has 0 saturated heterocycles. The molecule has 15 heavy (non-hydrogen) atoms. The molecule has 0 heterocycles. The smallest absolute Gasteiger partial charge is 0.161 e. The maximum atomic E-state index is 11.0. The highest BCUT2D eigenvalue weighted by Gasteiger charge is 2.03. The standard InChI is InChI=1S/C12H16O3/c1-3-10(13)8-9-15-12-7-5-4-6-11(12)14-2/h4-7H,3,8-9H2,1-2H3. The van der Waals surface area contributed by atoms with Crippen LogP contribution in [0.2, 0.25) is 0 Å². The molecule has 0 unspecified atom stereocenters. The number of methoxy groups -OCH3 is 1. The molecule has 0 atom stereocenters. The molecule has 0 bridgehead atoms. The molecular weight excluding hydrogens is 192 g/mol. The number of ether oxygens (including phenoxy) is 2. The van der Waals surface area contributed by atoms with E-state index in [4.69, 9.17) is 9.47 Å². The van der Waals surface area contributed by atoms with Gasteiger partial charge in [-0.2, -0.15) is 0 Å². The SMILES string of the molecule is CCC(=O)CCOc1ccccc1OC. The monoisotopic (exact) mass is 208 g/mol. The highest BCUT2D eigenvalue weighted by Crippen LogP contribution is 2.25. The third kappa shape index (κ3) is 3.62. The zero-order chi connectivity index (χ0) is 11.1. The van der Waals surface area contributed by atoms with Crippen LogP contribution in [0.25, 0.3) is 0 Å². The second-order valence-electron chi connectivity index (χ2n) is 3.14. The van der Waals surface area contributed by atoms with Gasteiger partial charge in [0, 0.05) is 12.8 Å². The lowest BCUT2D eigenvalue weighted by molar-refractivity contribution is -0.119. The number of Topliss-reactive ketones (excluding diaryl/α,β-unsaturated/α-hetero) is 1. The minimum Gasteiger partial charge on any atom is -0.493 e. The first-order valence-corrected chi connectivity index (χ1v) is 5.05. The Labute approximate surface area is 90.0 Å². The molecule has 0 aliphatic heterocycles. The lowest BCUT2D eigenvalue weighted by Gasteiger charge is -2.09. The average Bonchev–Trinajstić information content (AvgIpc) is 2.29. The largest absolute Gasteiger partial charge is 0.493 e. The predicted molar refractivity (Wildman–Crippen MR) is 58.4 cm³/mol. The Kier molecular flexibility index (Phi) is 4.68. The number of ketones is 1. The van der Waals surface area contributed by atoms with E-state index in [2.05, 4.69) is 0 Å². The number of hydrogen-bond donors (Lipinski definition) is 0. The van der Waals surface area contributed by atoms with E-state index in [0.29, 0.717) is 30.9 Å². The number of hydrogen-bond acceptors (Lipinski definition) is 3. The first-order chi connectivity index (χ1) is 7.27. The molecule has 82 valence electrons. The fourth-order valence-electron chi connectivity index (χ4n) is 1.19. The van der Waals surface area contributed by atoms with Crippen molar-refractivity contribution >= 4 is 5.78 Å². The number of rotatable bonds is 6. The molecular formula is C12H16O3. The van der Waals surface area contributed by atoms with E-state index in [-0.39, 0.29) is 5.78 Å². The Hall–Kier alpha value is -1.51. The van der Waals surface area contributed by atoms with Crippen LogP contribution in [-0.2, 0) is 4.79 Å². The van der Waals surface area contributed by atoms with Crippen molar-refractivity contribution < 1.29 is 14.3 Å². The van der Waals surface area contributed by atoms with Crippen LogP contribution in [0.15, 0.2) is 24.3 Å². The van der Waals surface area contributed by atoms with Crippen LogP contribution >= 0.6 is 0 Å². The lowest BCUT2D eigenvalue weighted by Crippen LogP contribution is -2.05. The molecule has 1 aromatic rings. The normalized spacial score (nSPS) is 9.73. The maximum Gasteiger partial charge on any atom is 0.161 e. The van der Waals surface area contributed by atoms with Gasteiger partial charge < -0.3 is 9.47 Å². The summed E-state index contributed by atoms with van der Waals surface area (Å²) in [6.07, 6.45) is 1.02. The van der Waals surface area contributed by atoms with Crippen molar-refractivity contribution in [2.45, 2.75) is 19.8 Å². The van der Waals surface area contributed by atoms with Crippen LogP contribution in [0.3, 0.4) is 0 Å². The van der Waals surface area contributed by atoms with Gasteiger partial charge >= 0.3 is 0 Å². The molecule has 0 amide bonds. The molecule has 0 radical (unpaired) electrons. The molecule has 0 aromatic heterocycles. The summed E-state index contributed by atoms with van der Waals surface area (Å²) < 4.78 is 10.6. The van der Waals surface area contributed by atoms with Crippen molar-refractivity contribution in [1.82, 2.24) is 0 Å². The summed E-state index contributed by atoms with van der Waals surface area (Å²) in [7, 11) is 1.60. The predicted octanol–water partition coefficient (Wildman–Crippen LogP) is 2.44. The van der Waals surface area contributed by atoms with E-state index in [1.807, 2.05) is 31.2 Å². The molecule has 0 spiro atoms. The fraction of sp³-hybridized carbons (Fsp3) is 0.417. The van der Waals surface area contributed by atoms with Crippen molar-refractivity contribution in [2.75, 3.05) is 13.7 Å². The first-order valence-electron chi connectivity index (χ1n) is 5.05. The van der Waals surface area contributed by atoms with Gasteiger partial charge in [-0.05, 0) is 12.1 Å². The fourth-order valence-corrected chi connectivity index (χ4v) is 1.19. The van der Waals surface area contributed by atoms with Gasteiger partial charge in [-0.3, -0.25) is 4.79 Å². The van der Waals surface area contributed by atoms with Crippen LogP contribution in [0.4, 0.5) is 0 Å². The van der Waals surface area contributed by atoms with E-state index in [1.165, 1.54) is 0 Å². The maximum absolute atomic E-state index is 11.0. The molecule has 0 aliphatic rings.